The maximum absolute atomic E-state index is 3.53. The van der Waals surface area contributed by atoms with Crippen molar-refractivity contribution in [2.75, 3.05) is 26.2 Å². The van der Waals surface area contributed by atoms with Crippen LogP contribution < -0.4 is 5.32 Å². The Morgan fingerprint density at radius 2 is 2.00 bits per heavy atom. The zero-order valence-corrected chi connectivity index (χ0v) is 10.4. The molecule has 1 spiro atoms. The summed E-state index contributed by atoms with van der Waals surface area (Å²) in [5, 5.41) is 3.53. The van der Waals surface area contributed by atoms with Crippen LogP contribution in [0.2, 0.25) is 0 Å². The number of likely N-dealkylation sites (tertiary alicyclic amines) is 1. The Balaban J connectivity index is 1.81. The lowest BCUT2D eigenvalue weighted by molar-refractivity contribution is 0.0863. The minimum absolute atomic E-state index is 0.683. The van der Waals surface area contributed by atoms with E-state index in [4.69, 9.17) is 0 Å². The number of hydrogen-bond donors (Lipinski definition) is 1. The molecule has 2 rings (SSSR count). The van der Waals surface area contributed by atoms with Crippen molar-refractivity contribution in [3.8, 4) is 0 Å². The molecule has 2 fully saturated rings. The van der Waals surface area contributed by atoms with Gasteiger partial charge in [-0.25, -0.2) is 0 Å². The molecular weight excluding hydrogens is 184 g/mol. The molecule has 0 bridgehead atoms. The Hall–Kier alpha value is -0.0800. The van der Waals surface area contributed by atoms with Crippen LogP contribution in [0, 0.1) is 5.41 Å². The summed E-state index contributed by atoms with van der Waals surface area (Å²) in [5.74, 6) is 0. The zero-order valence-electron chi connectivity index (χ0n) is 10.4. The lowest BCUT2D eigenvalue weighted by atomic mass is 9.77. The van der Waals surface area contributed by atoms with E-state index >= 15 is 0 Å². The maximum Gasteiger partial charge on any atom is 0.00668 e. The predicted octanol–water partition coefficient (Wildman–Crippen LogP) is 2.25. The number of rotatable bonds is 3. The highest BCUT2D eigenvalue weighted by molar-refractivity contribution is 4.92. The van der Waals surface area contributed by atoms with Crippen molar-refractivity contribution in [3.63, 3.8) is 0 Å². The molecule has 0 aromatic rings. The molecule has 2 aliphatic rings. The van der Waals surface area contributed by atoms with E-state index in [9.17, 15) is 0 Å². The summed E-state index contributed by atoms with van der Waals surface area (Å²) < 4.78 is 0. The third-order valence-electron chi connectivity index (χ3n) is 4.52. The number of nitrogens with zero attached hydrogens (tertiary/aromatic N) is 1. The highest BCUT2D eigenvalue weighted by Gasteiger charge is 2.37. The first-order chi connectivity index (χ1) is 7.26. The van der Waals surface area contributed by atoms with Crippen LogP contribution in [0.5, 0.6) is 0 Å². The average molecular weight is 210 g/mol. The van der Waals surface area contributed by atoms with Crippen molar-refractivity contribution >= 4 is 0 Å². The second-order valence-corrected chi connectivity index (χ2v) is 5.60. The summed E-state index contributed by atoms with van der Waals surface area (Å²) >= 11 is 0. The molecule has 2 nitrogen and oxygen atoms in total. The van der Waals surface area contributed by atoms with E-state index in [0.717, 1.165) is 6.04 Å². The Kier molecular flexibility index (Phi) is 3.68. The summed E-state index contributed by atoms with van der Waals surface area (Å²) in [6, 6.07) is 0.807. The van der Waals surface area contributed by atoms with E-state index in [2.05, 4.69) is 24.1 Å². The second-order valence-electron chi connectivity index (χ2n) is 5.60. The van der Waals surface area contributed by atoms with E-state index in [1.165, 1.54) is 58.3 Å². The highest BCUT2D eigenvalue weighted by Crippen LogP contribution is 2.37. The van der Waals surface area contributed by atoms with Crippen LogP contribution in [0.3, 0.4) is 0 Å². The maximum atomic E-state index is 3.53. The Morgan fingerprint density at radius 3 is 2.53 bits per heavy atom. The van der Waals surface area contributed by atoms with Crippen LogP contribution in [0.1, 0.15) is 46.0 Å². The molecular formula is C13H26N2. The topological polar surface area (TPSA) is 15.3 Å². The summed E-state index contributed by atoms with van der Waals surface area (Å²) in [4.78, 5) is 2.70. The molecule has 2 heterocycles. The zero-order chi connectivity index (χ0) is 10.7. The van der Waals surface area contributed by atoms with Crippen molar-refractivity contribution < 1.29 is 0 Å². The van der Waals surface area contributed by atoms with Crippen molar-refractivity contribution in [2.45, 2.75) is 52.0 Å². The monoisotopic (exact) mass is 210 g/mol. The molecule has 0 aromatic carbocycles. The molecule has 2 aliphatic heterocycles. The Morgan fingerprint density at radius 1 is 1.27 bits per heavy atom. The van der Waals surface area contributed by atoms with Crippen LogP contribution in [-0.4, -0.2) is 37.1 Å². The summed E-state index contributed by atoms with van der Waals surface area (Å²) in [6.07, 6.45) is 6.96. The van der Waals surface area contributed by atoms with Gasteiger partial charge < -0.3 is 10.2 Å². The fourth-order valence-electron chi connectivity index (χ4n) is 3.26. The molecule has 15 heavy (non-hydrogen) atoms. The minimum Gasteiger partial charge on any atom is -0.316 e. The average Bonchev–Trinajstić information content (AvgIpc) is 2.68. The predicted molar refractivity (Wildman–Crippen MR) is 65.1 cm³/mol. The van der Waals surface area contributed by atoms with Crippen molar-refractivity contribution in [3.05, 3.63) is 0 Å². The first kappa shape index (κ1) is 11.4. The van der Waals surface area contributed by atoms with Gasteiger partial charge in [-0.3, -0.25) is 0 Å². The van der Waals surface area contributed by atoms with Gasteiger partial charge in [0.25, 0.3) is 0 Å². The molecule has 1 atom stereocenters. The molecule has 0 aromatic heterocycles. The van der Waals surface area contributed by atoms with Crippen molar-refractivity contribution in [1.29, 1.82) is 0 Å². The van der Waals surface area contributed by atoms with Crippen LogP contribution in [0.25, 0.3) is 0 Å². The largest absolute Gasteiger partial charge is 0.316 e. The van der Waals surface area contributed by atoms with Gasteiger partial charge in [-0.15, -0.1) is 0 Å². The van der Waals surface area contributed by atoms with Gasteiger partial charge in [0.05, 0.1) is 0 Å². The lowest BCUT2D eigenvalue weighted by Gasteiger charge is -2.41. The molecule has 1 unspecified atom stereocenters. The molecule has 0 saturated carbocycles. The summed E-state index contributed by atoms with van der Waals surface area (Å²) in [6.45, 7) is 9.90. The molecule has 2 heteroatoms. The minimum atomic E-state index is 0.683. The van der Waals surface area contributed by atoms with E-state index in [1.54, 1.807) is 0 Å². The highest BCUT2D eigenvalue weighted by atomic mass is 15.2. The van der Waals surface area contributed by atoms with E-state index in [1.807, 2.05) is 0 Å². The van der Waals surface area contributed by atoms with E-state index in [0.29, 0.717) is 5.41 Å². The number of nitrogens with one attached hydrogen (secondary N) is 1. The lowest BCUT2D eigenvalue weighted by Crippen LogP contribution is -2.44. The Labute approximate surface area is 94.4 Å². The summed E-state index contributed by atoms with van der Waals surface area (Å²) in [5.41, 5.74) is 0.683. The van der Waals surface area contributed by atoms with Gasteiger partial charge in [0, 0.05) is 12.6 Å². The van der Waals surface area contributed by atoms with Crippen LogP contribution in [0.15, 0.2) is 0 Å². The first-order valence-electron chi connectivity index (χ1n) is 6.70. The van der Waals surface area contributed by atoms with Crippen molar-refractivity contribution in [1.82, 2.24) is 10.2 Å². The van der Waals surface area contributed by atoms with Crippen LogP contribution in [-0.2, 0) is 0 Å². The number of hydrogen-bond acceptors (Lipinski definition) is 2. The third-order valence-corrected chi connectivity index (χ3v) is 4.52. The van der Waals surface area contributed by atoms with Gasteiger partial charge in [-0.05, 0) is 57.7 Å². The standard InChI is InChI=1S/C13H26N2/c1-3-4-12(2)15-9-6-13(7-10-15)5-8-14-11-13/h12,14H,3-11H2,1-2H3. The second kappa shape index (κ2) is 4.84. The van der Waals surface area contributed by atoms with Crippen molar-refractivity contribution in [2.24, 2.45) is 5.41 Å². The normalized spacial score (nSPS) is 28.4. The van der Waals surface area contributed by atoms with Gasteiger partial charge in [-0.2, -0.15) is 0 Å². The van der Waals surface area contributed by atoms with Gasteiger partial charge in [0.2, 0.25) is 0 Å². The molecule has 2 saturated heterocycles. The SMILES string of the molecule is CCCC(C)N1CCC2(CCNC2)CC1. The van der Waals surface area contributed by atoms with Gasteiger partial charge in [0.1, 0.15) is 0 Å². The molecule has 0 radical (unpaired) electrons. The van der Waals surface area contributed by atoms with Crippen LogP contribution in [0.4, 0.5) is 0 Å². The van der Waals surface area contributed by atoms with Gasteiger partial charge >= 0.3 is 0 Å². The number of piperidine rings is 1. The quantitative estimate of drug-likeness (QED) is 0.768. The first-order valence-corrected chi connectivity index (χ1v) is 6.70. The van der Waals surface area contributed by atoms with Crippen LogP contribution >= 0.6 is 0 Å². The molecule has 1 N–H and O–H groups in total. The van der Waals surface area contributed by atoms with Gasteiger partial charge in [-0.1, -0.05) is 13.3 Å². The molecule has 88 valence electrons. The Bertz CT molecular complexity index is 187. The van der Waals surface area contributed by atoms with Gasteiger partial charge in [0.15, 0.2) is 0 Å². The molecule has 0 aliphatic carbocycles. The summed E-state index contributed by atoms with van der Waals surface area (Å²) in [7, 11) is 0. The smallest absolute Gasteiger partial charge is 0.00668 e. The fraction of sp³-hybridized carbons (Fsp3) is 1.00. The van der Waals surface area contributed by atoms with E-state index in [-0.39, 0.29) is 0 Å². The third kappa shape index (κ3) is 2.54. The molecule has 0 amide bonds. The van der Waals surface area contributed by atoms with E-state index < -0.39 is 0 Å². The fourth-order valence-corrected chi connectivity index (χ4v) is 3.26.